The largest absolute Gasteiger partial charge is 0.493 e. The lowest BCUT2D eigenvalue weighted by atomic mass is 10.2. The van der Waals surface area contributed by atoms with Gasteiger partial charge in [0.2, 0.25) is 0 Å². The van der Waals surface area contributed by atoms with Crippen LogP contribution in [-0.4, -0.2) is 32.1 Å². The van der Waals surface area contributed by atoms with Gasteiger partial charge in [-0.15, -0.1) is 0 Å². The number of carbonyl (C=O) groups is 1. The maximum absolute atomic E-state index is 11.7. The fraction of sp³-hybridized carbons (Fsp3) is 0.462. The Hall–Kier alpha value is -1.23. The molecule has 0 saturated carbocycles. The van der Waals surface area contributed by atoms with Gasteiger partial charge < -0.3 is 14.2 Å². The van der Waals surface area contributed by atoms with Crippen LogP contribution in [0.25, 0.3) is 0 Å². The van der Waals surface area contributed by atoms with Crippen molar-refractivity contribution in [2.75, 3.05) is 26.2 Å². The van der Waals surface area contributed by atoms with Crippen LogP contribution in [0.1, 0.15) is 23.2 Å². The van der Waals surface area contributed by atoms with Crippen LogP contribution in [-0.2, 0) is 4.74 Å². The summed E-state index contributed by atoms with van der Waals surface area (Å²) in [5.41, 5.74) is 0.464. The number of unbranched alkanes of at least 4 members (excludes halogenated alkanes) is 1. The van der Waals surface area contributed by atoms with Crippen LogP contribution in [0.15, 0.2) is 18.2 Å². The molecule has 1 aromatic carbocycles. The Balaban J connectivity index is 2.62. The molecule has 0 spiro atoms. The van der Waals surface area contributed by atoms with E-state index in [9.17, 15) is 4.79 Å². The molecule has 0 unspecified atom stereocenters. The summed E-state index contributed by atoms with van der Waals surface area (Å²) in [6, 6.07) is 4.97. The molecule has 0 saturated heterocycles. The van der Waals surface area contributed by atoms with Crippen LogP contribution in [0.5, 0.6) is 11.5 Å². The van der Waals surface area contributed by atoms with E-state index in [1.54, 1.807) is 25.3 Å². The van der Waals surface area contributed by atoms with Gasteiger partial charge in [-0.25, -0.2) is 4.79 Å². The first kappa shape index (κ1) is 14.8. The quantitative estimate of drug-likeness (QED) is 0.440. The summed E-state index contributed by atoms with van der Waals surface area (Å²) in [6.45, 7) is 0.429. The summed E-state index contributed by atoms with van der Waals surface area (Å²) in [6.07, 6.45) is 1.84. The lowest BCUT2D eigenvalue weighted by Crippen LogP contribution is -2.07. The highest BCUT2D eigenvalue weighted by molar-refractivity contribution is 9.09. The number of halogens is 1. The lowest BCUT2D eigenvalue weighted by molar-refractivity contribution is 0.0499. The van der Waals surface area contributed by atoms with Crippen LogP contribution >= 0.6 is 15.9 Å². The molecule has 100 valence electrons. The number of hydrogen-bond acceptors (Lipinski definition) is 4. The Kier molecular flexibility index (Phi) is 6.57. The molecule has 0 fully saturated rings. The summed E-state index contributed by atoms with van der Waals surface area (Å²) in [5.74, 6) is 0.770. The van der Waals surface area contributed by atoms with Gasteiger partial charge in [0.05, 0.1) is 26.4 Å². The zero-order valence-corrected chi connectivity index (χ0v) is 12.2. The molecule has 1 aromatic rings. The fourth-order valence-corrected chi connectivity index (χ4v) is 1.80. The van der Waals surface area contributed by atoms with Gasteiger partial charge in [0, 0.05) is 5.33 Å². The third kappa shape index (κ3) is 4.22. The molecule has 18 heavy (non-hydrogen) atoms. The molecule has 0 N–H and O–H groups in total. The van der Waals surface area contributed by atoms with Crippen molar-refractivity contribution in [3.63, 3.8) is 0 Å². The molecular weight excluding hydrogens is 300 g/mol. The van der Waals surface area contributed by atoms with Gasteiger partial charge in [0.15, 0.2) is 11.5 Å². The van der Waals surface area contributed by atoms with E-state index in [0.717, 1.165) is 18.2 Å². The van der Waals surface area contributed by atoms with Crippen molar-refractivity contribution in [1.82, 2.24) is 0 Å². The lowest BCUT2D eigenvalue weighted by Gasteiger charge is -2.09. The second kappa shape index (κ2) is 7.97. The van der Waals surface area contributed by atoms with E-state index in [2.05, 4.69) is 15.9 Å². The van der Waals surface area contributed by atoms with E-state index < -0.39 is 0 Å². The molecule has 0 heterocycles. The summed E-state index contributed by atoms with van der Waals surface area (Å²) < 4.78 is 15.4. The molecular formula is C13H17BrO4. The Labute approximate surface area is 115 Å². The number of methoxy groups -OCH3 is 2. The van der Waals surface area contributed by atoms with E-state index in [-0.39, 0.29) is 5.97 Å². The van der Waals surface area contributed by atoms with Crippen LogP contribution < -0.4 is 9.47 Å². The first-order valence-corrected chi connectivity index (χ1v) is 6.80. The predicted octanol–water partition coefficient (Wildman–Crippen LogP) is 3.04. The maximum atomic E-state index is 11.7. The van der Waals surface area contributed by atoms with Crippen molar-refractivity contribution in [3.8, 4) is 11.5 Å². The van der Waals surface area contributed by atoms with Gasteiger partial charge in [-0.05, 0) is 31.0 Å². The summed E-state index contributed by atoms with van der Waals surface area (Å²) in [4.78, 5) is 11.7. The van der Waals surface area contributed by atoms with E-state index in [4.69, 9.17) is 14.2 Å². The van der Waals surface area contributed by atoms with Crippen molar-refractivity contribution in [1.29, 1.82) is 0 Å². The minimum Gasteiger partial charge on any atom is -0.493 e. The second-order valence-electron chi connectivity index (χ2n) is 3.60. The average molecular weight is 317 g/mol. The van der Waals surface area contributed by atoms with Crippen LogP contribution in [0.4, 0.5) is 0 Å². The molecule has 0 aliphatic carbocycles. The molecule has 1 rings (SSSR count). The number of carbonyl (C=O) groups excluding carboxylic acids is 1. The molecule has 0 aliphatic rings. The predicted molar refractivity (Wildman–Crippen MR) is 72.9 cm³/mol. The number of benzene rings is 1. The summed E-state index contributed by atoms with van der Waals surface area (Å²) in [5, 5.41) is 0.918. The van der Waals surface area contributed by atoms with Crippen LogP contribution in [0.2, 0.25) is 0 Å². The molecule has 0 amide bonds. The van der Waals surface area contributed by atoms with Crippen molar-refractivity contribution < 1.29 is 19.0 Å². The number of alkyl halides is 1. The number of hydrogen-bond donors (Lipinski definition) is 0. The maximum Gasteiger partial charge on any atom is 0.338 e. The summed E-state index contributed by atoms with van der Waals surface area (Å²) >= 11 is 3.33. The molecule has 0 aliphatic heterocycles. The average Bonchev–Trinajstić information content (AvgIpc) is 2.42. The molecule has 0 atom stereocenters. The minimum absolute atomic E-state index is 0.342. The highest BCUT2D eigenvalue weighted by Gasteiger charge is 2.11. The van der Waals surface area contributed by atoms with Gasteiger partial charge in [-0.2, -0.15) is 0 Å². The van der Waals surface area contributed by atoms with E-state index in [1.165, 1.54) is 7.11 Å². The second-order valence-corrected chi connectivity index (χ2v) is 4.39. The number of esters is 1. The highest BCUT2D eigenvalue weighted by Crippen LogP contribution is 2.27. The number of ether oxygens (including phenoxy) is 3. The van der Waals surface area contributed by atoms with E-state index in [1.807, 2.05) is 0 Å². The third-order valence-electron chi connectivity index (χ3n) is 2.38. The van der Waals surface area contributed by atoms with Crippen LogP contribution in [0.3, 0.4) is 0 Å². The van der Waals surface area contributed by atoms with Crippen LogP contribution in [0, 0.1) is 0 Å². The summed E-state index contributed by atoms with van der Waals surface area (Å²) in [7, 11) is 3.08. The zero-order valence-electron chi connectivity index (χ0n) is 10.6. The van der Waals surface area contributed by atoms with Gasteiger partial charge in [-0.1, -0.05) is 15.9 Å². The Morgan fingerprint density at radius 3 is 2.50 bits per heavy atom. The minimum atomic E-state index is -0.342. The first-order chi connectivity index (χ1) is 8.72. The molecule has 5 heteroatoms. The first-order valence-electron chi connectivity index (χ1n) is 5.68. The van der Waals surface area contributed by atoms with Gasteiger partial charge in [-0.3, -0.25) is 0 Å². The smallest absolute Gasteiger partial charge is 0.338 e. The highest BCUT2D eigenvalue weighted by atomic mass is 79.9. The molecule has 0 radical (unpaired) electrons. The SMILES string of the molecule is COc1ccc(C(=O)OCCCCBr)cc1OC. The van der Waals surface area contributed by atoms with Gasteiger partial charge in [0.25, 0.3) is 0 Å². The van der Waals surface area contributed by atoms with Gasteiger partial charge >= 0.3 is 5.97 Å². The van der Waals surface area contributed by atoms with Crippen molar-refractivity contribution in [2.45, 2.75) is 12.8 Å². The molecule has 4 nitrogen and oxygen atoms in total. The number of rotatable bonds is 7. The van der Waals surface area contributed by atoms with E-state index >= 15 is 0 Å². The third-order valence-corrected chi connectivity index (χ3v) is 2.94. The fourth-order valence-electron chi connectivity index (χ4n) is 1.41. The normalized spacial score (nSPS) is 9.94. The van der Waals surface area contributed by atoms with E-state index in [0.29, 0.717) is 23.7 Å². The van der Waals surface area contributed by atoms with Crippen molar-refractivity contribution in [3.05, 3.63) is 23.8 Å². The topological polar surface area (TPSA) is 44.8 Å². The standard InChI is InChI=1S/C13H17BrO4/c1-16-11-6-5-10(9-12(11)17-2)13(15)18-8-4-3-7-14/h5-6,9H,3-4,7-8H2,1-2H3. The van der Waals surface area contributed by atoms with Crippen molar-refractivity contribution >= 4 is 21.9 Å². The molecule has 0 bridgehead atoms. The Morgan fingerprint density at radius 2 is 1.89 bits per heavy atom. The molecule has 0 aromatic heterocycles. The zero-order chi connectivity index (χ0) is 13.4. The Morgan fingerprint density at radius 1 is 1.17 bits per heavy atom. The monoisotopic (exact) mass is 316 g/mol. The van der Waals surface area contributed by atoms with Gasteiger partial charge in [0.1, 0.15) is 0 Å². The Bertz CT molecular complexity index is 393. The van der Waals surface area contributed by atoms with Crippen molar-refractivity contribution in [2.24, 2.45) is 0 Å².